The Labute approximate surface area is 108 Å². The van der Waals surface area contributed by atoms with Crippen LogP contribution >= 0.6 is 0 Å². The summed E-state index contributed by atoms with van der Waals surface area (Å²) < 4.78 is 11.2. The highest BCUT2D eigenvalue weighted by atomic mass is 16.5. The summed E-state index contributed by atoms with van der Waals surface area (Å²) in [7, 11) is 1.61. The third-order valence-corrected chi connectivity index (χ3v) is 3.22. The highest BCUT2D eigenvalue weighted by Gasteiger charge is 2.37. The summed E-state index contributed by atoms with van der Waals surface area (Å²) in [6.45, 7) is 6.29. The molecular formula is C15H20O3. The Kier molecular flexibility index (Phi) is 3.33. The Balaban J connectivity index is 2.34. The Bertz CT molecular complexity index is 465. The molecule has 0 aliphatic carbocycles. The SMILES string of the molecule is COc1ccc2c(c1)OC(C)(CC(C)C)CC2=O. The van der Waals surface area contributed by atoms with Gasteiger partial charge in [-0.15, -0.1) is 0 Å². The van der Waals surface area contributed by atoms with Crippen LogP contribution < -0.4 is 9.47 Å². The van der Waals surface area contributed by atoms with Crippen molar-refractivity contribution in [3.05, 3.63) is 23.8 Å². The van der Waals surface area contributed by atoms with Gasteiger partial charge in [-0.3, -0.25) is 4.79 Å². The minimum Gasteiger partial charge on any atom is -0.497 e. The zero-order valence-corrected chi connectivity index (χ0v) is 11.4. The molecule has 1 unspecified atom stereocenters. The number of methoxy groups -OCH3 is 1. The third-order valence-electron chi connectivity index (χ3n) is 3.22. The van der Waals surface area contributed by atoms with E-state index in [1.165, 1.54) is 0 Å². The van der Waals surface area contributed by atoms with Gasteiger partial charge < -0.3 is 9.47 Å². The van der Waals surface area contributed by atoms with Crippen molar-refractivity contribution in [1.29, 1.82) is 0 Å². The van der Waals surface area contributed by atoms with Crippen molar-refractivity contribution in [3.63, 3.8) is 0 Å². The van der Waals surface area contributed by atoms with Crippen LogP contribution in [0, 0.1) is 5.92 Å². The molecule has 1 aromatic rings. The Morgan fingerprint density at radius 1 is 1.44 bits per heavy atom. The predicted molar refractivity (Wildman–Crippen MR) is 70.4 cm³/mol. The minimum absolute atomic E-state index is 0.155. The summed E-state index contributed by atoms with van der Waals surface area (Å²) in [5.74, 6) is 2.01. The van der Waals surface area contributed by atoms with Gasteiger partial charge in [0.25, 0.3) is 0 Å². The van der Waals surface area contributed by atoms with Gasteiger partial charge in [-0.05, 0) is 31.4 Å². The molecule has 0 saturated heterocycles. The summed E-state index contributed by atoms with van der Waals surface area (Å²) in [6, 6.07) is 5.38. The number of ether oxygens (including phenoxy) is 2. The molecule has 0 fully saturated rings. The average Bonchev–Trinajstić information content (AvgIpc) is 2.26. The van der Waals surface area contributed by atoms with Crippen LogP contribution in [0.4, 0.5) is 0 Å². The molecule has 18 heavy (non-hydrogen) atoms. The monoisotopic (exact) mass is 248 g/mol. The van der Waals surface area contributed by atoms with Gasteiger partial charge >= 0.3 is 0 Å². The number of Topliss-reactive ketones (excluding diaryl/α,β-unsaturated/α-hetero) is 1. The van der Waals surface area contributed by atoms with E-state index in [9.17, 15) is 4.79 Å². The lowest BCUT2D eigenvalue weighted by Gasteiger charge is -2.36. The Morgan fingerprint density at radius 2 is 2.17 bits per heavy atom. The van der Waals surface area contributed by atoms with E-state index >= 15 is 0 Å². The lowest BCUT2D eigenvalue weighted by Crippen LogP contribution is -2.40. The summed E-state index contributed by atoms with van der Waals surface area (Å²) in [4.78, 5) is 12.2. The van der Waals surface area contributed by atoms with Gasteiger partial charge in [0.15, 0.2) is 5.78 Å². The van der Waals surface area contributed by atoms with Crippen molar-refractivity contribution >= 4 is 5.78 Å². The first-order valence-electron chi connectivity index (χ1n) is 6.34. The van der Waals surface area contributed by atoms with Crippen LogP contribution in [0.1, 0.15) is 44.0 Å². The predicted octanol–water partition coefficient (Wildman–Crippen LogP) is 3.47. The largest absolute Gasteiger partial charge is 0.497 e. The molecule has 1 aliphatic heterocycles. The van der Waals surface area contributed by atoms with Gasteiger partial charge in [-0.1, -0.05) is 13.8 Å². The van der Waals surface area contributed by atoms with E-state index < -0.39 is 5.60 Å². The molecule has 1 aromatic carbocycles. The number of carbonyl (C=O) groups excluding carboxylic acids is 1. The molecule has 0 spiro atoms. The smallest absolute Gasteiger partial charge is 0.170 e. The minimum atomic E-state index is -0.398. The van der Waals surface area contributed by atoms with Crippen molar-refractivity contribution in [2.45, 2.75) is 39.2 Å². The maximum absolute atomic E-state index is 12.2. The standard InChI is InChI=1S/C15H20O3/c1-10(2)8-15(3)9-13(16)12-6-5-11(17-4)7-14(12)18-15/h5-7,10H,8-9H2,1-4H3. The summed E-state index contributed by atoms with van der Waals surface area (Å²) in [6.07, 6.45) is 1.32. The van der Waals surface area contributed by atoms with Crippen LogP contribution in [0.5, 0.6) is 11.5 Å². The topological polar surface area (TPSA) is 35.5 Å². The van der Waals surface area contributed by atoms with E-state index in [1.807, 2.05) is 6.92 Å². The summed E-state index contributed by atoms with van der Waals surface area (Å²) in [5.41, 5.74) is 0.266. The number of carbonyl (C=O) groups is 1. The maximum atomic E-state index is 12.2. The second-order valence-corrected chi connectivity index (χ2v) is 5.61. The molecule has 3 heteroatoms. The van der Waals surface area contributed by atoms with Crippen LogP contribution in [0.15, 0.2) is 18.2 Å². The van der Waals surface area contributed by atoms with Crippen molar-refractivity contribution in [3.8, 4) is 11.5 Å². The van der Waals surface area contributed by atoms with Crippen LogP contribution in [0.25, 0.3) is 0 Å². The Hall–Kier alpha value is -1.51. The molecule has 0 radical (unpaired) electrons. The molecule has 0 saturated carbocycles. The zero-order valence-electron chi connectivity index (χ0n) is 11.4. The molecule has 2 rings (SSSR count). The van der Waals surface area contributed by atoms with Crippen LogP contribution in [-0.4, -0.2) is 18.5 Å². The molecule has 1 atom stereocenters. The van der Waals surface area contributed by atoms with Gasteiger partial charge in [0.2, 0.25) is 0 Å². The molecule has 3 nitrogen and oxygen atoms in total. The second-order valence-electron chi connectivity index (χ2n) is 5.61. The molecule has 0 bridgehead atoms. The summed E-state index contributed by atoms with van der Waals surface area (Å²) in [5, 5.41) is 0. The van der Waals surface area contributed by atoms with E-state index in [0.29, 0.717) is 23.7 Å². The lowest BCUT2D eigenvalue weighted by atomic mass is 9.85. The summed E-state index contributed by atoms with van der Waals surface area (Å²) >= 11 is 0. The number of benzene rings is 1. The Morgan fingerprint density at radius 3 is 2.78 bits per heavy atom. The number of ketones is 1. The van der Waals surface area contributed by atoms with E-state index in [-0.39, 0.29) is 5.78 Å². The van der Waals surface area contributed by atoms with Gasteiger partial charge in [0.1, 0.15) is 17.1 Å². The molecule has 1 heterocycles. The first-order chi connectivity index (χ1) is 8.43. The van der Waals surface area contributed by atoms with Crippen LogP contribution in [-0.2, 0) is 0 Å². The molecule has 0 aromatic heterocycles. The number of hydrogen-bond donors (Lipinski definition) is 0. The molecule has 0 amide bonds. The number of fused-ring (bicyclic) bond motifs is 1. The highest BCUT2D eigenvalue weighted by Crippen LogP contribution is 2.38. The van der Waals surface area contributed by atoms with Gasteiger partial charge in [0.05, 0.1) is 19.1 Å². The third kappa shape index (κ3) is 2.50. The first kappa shape index (κ1) is 12.9. The van der Waals surface area contributed by atoms with E-state index in [0.717, 1.165) is 12.2 Å². The van der Waals surface area contributed by atoms with Crippen molar-refractivity contribution in [2.75, 3.05) is 7.11 Å². The second kappa shape index (κ2) is 4.63. The molecule has 98 valence electrons. The van der Waals surface area contributed by atoms with Gasteiger partial charge in [-0.25, -0.2) is 0 Å². The number of rotatable bonds is 3. The average molecular weight is 248 g/mol. The first-order valence-corrected chi connectivity index (χ1v) is 6.34. The molecule has 0 N–H and O–H groups in total. The van der Waals surface area contributed by atoms with E-state index in [4.69, 9.17) is 9.47 Å². The quantitative estimate of drug-likeness (QED) is 0.821. The normalized spacial score (nSPS) is 22.6. The zero-order chi connectivity index (χ0) is 13.3. The van der Waals surface area contributed by atoms with Gasteiger partial charge in [0, 0.05) is 6.07 Å². The van der Waals surface area contributed by atoms with Crippen LogP contribution in [0.2, 0.25) is 0 Å². The van der Waals surface area contributed by atoms with Gasteiger partial charge in [-0.2, -0.15) is 0 Å². The molecular weight excluding hydrogens is 228 g/mol. The van der Waals surface area contributed by atoms with Crippen molar-refractivity contribution in [2.24, 2.45) is 5.92 Å². The fraction of sp³-hybridized carbons (Fsp3) is 0.533. The fourth-order valence-electron chi connectivity index (χ4n) is 2.66. The lowest BCUT2D eigenvalue weighted by molar-refractivity contribution is 0.0391. The van der Waals surface area contributed by atoms with E-state index in [1.54, 1.807) is 25.3 Å². The molecule has 1 aliphatic rings. The van der Waals surface area contributed by atoms with Crippen LogP contribution in [0.3, 0.4) is 0 Å². The number of hydrogen-bond acceptors (Lipinski definition) is 3. The van der Waals surface area contributed by atoms with Crippen molar-refractivity contribution < 1.29 is 14.3 Å². The fourth-order valence-corrected chi connectivity index (χ4v) is 2.66. The van der Waals surface area contributed by atoms with E-state index in [2.05, 4.69) is 13.8 Å². The maximum Gasteiger partial charge on any atom is 0.170 e. The highest BCUT2D eigenvalue weighted by molar-refractivity contribution is 6.00. The van der Waals surface area contributed by atoms with Crippen molar-refractivity contribution in [1.82, 2.24) is 0 Å².